The molecule has 0 bridgehead atoms. The monoisotopic (exact) mass is 297 g/mol. The quantitative estimate of drug-likeness (QED) is 0.739. The number of aliphatic hydroxyl groups excluding tert-OH is 1. The molecule has 5 nitrogen and oxygen atoms in total. The van der Waals surface area contributed by atoms with Crippen molar-refractivity contribution in [1.29, 1.82) is 0 Å². The molecule has 0 saturated heterocycles. The van der Waals surface area contributed by atoms with Gasteiger partial charge < -0.3 is 15.5 Å². The summed E-state index contributed by atoms with van der Waals surface area (Å²) < 4.78 is 0. The van der Waals surface area contributed by atoms with Crippen molar-refractivity contribution in [3.8, 4) is 0 Å². The molecule has 1 aliphatic carbocycles. The third-order valence-electron chi connectivity index (χ3n) is 3.60. The molecule has 1 atom stereocenters. The van der Waals surface area contributed by atoms with E-state index < -0.39 is 17.4 Å². The molecule has 2 rings (SSSR count). The minimum absolute atomic E-state index is 0.00221. The summed E-state index contributed by atoms with van der Waals surface area (Å²) in [6.45, 7) is -0.287. The number of carbonyl (C=O) groups is 2. The van der Waals surface area contributed by atoms with Crippen molar-refractivity contribution >= 4 is 23.5 Å². The van der Waals surface area contributed by atoms with Crippen LogP contribution < -0.4 is 5.32 Å². The van der Waals surface area contributed by atoms with Crippen molar-refractivity contribution in [2.75, 3.05) is 6.61 Å². The highest BCUT2D eigenvalue weighted by Crippen LogP contribution is 2.48. The first kappa shape index (κ1) is 14.8. The summed E-state index contributed by atoms with van der Waals surface area (Å²) >= 11 is 5.82. The summed E-state index contributed by atoms with van der Waals surface area (Å²) in [5.74, 6) is -1.44. The molecule has 1 aromatic carbocycles. The van der Waals surface area contributed by atoms with Crippen molar-refractivity contribution < 1.29 is 19.8 Å². The second-order valence-electron chi connectivity index (χ2n) is 4.97. The van der Waals surface area contributed by atoms with Crippen LogP contribution in [-0.2, 0) is 15.0 Å². The fourth-order valence-electron chi connectivity index (χ4n) is 2.22. The van der Waals surface area contributed by atoms with Crippen molar-refractivity contribution in [2.24, 2.45) is 0 Å². The average molecular weight is 298 g/mol. The van der Waals surface area contributed by atoms with E-state index in [1.54, 1.807) is 24.3 Å². The largest absolute Gasteiger partial charge is 0.480 e. The summed E-state index contributed by atoms with van der Waals surface area (Å²) in [6, 6.07) is 5.95. The van der Waals surface area contributed by atoms with Gasteiger partial charge in [-0.25, -0.2) is 4.79 Å². The lowest BCUT2D eigenvalue weighted by atomic mass is 9.94. The van der Waals surface area contributed by atoms with E-state index in [4.69, 9.17) is 21.8 Å². The van der Waals surface area contributed by atoms with Gasteiger partial charge in [0.05, 0.1) is 5.41 Å². The highest BCUT2D eigenvalue weighted by molar-refractivity contribution is 6.30. The molecule has 0 aliphatic heterocycles. The van der Waals surface area contributed by atoms with Crippen LogP contribution in [0, 0.1) is 0 Å². The second-order valence-corrected chi connectivity index (χ2v) is 5.40. The number of aliphatic hydroxyl groups is 1. The number of hydrogen-bond acceptors (Lipinski definition) is 3. The molecule has 1 saturated carbocycles. The first-order valence-corrected chi connectivity index (χ1v) is 6.78. The van der Waals surface area contributed by atoms with Gasteiger partial charge in [-0.15, -0.1) is 0 Å². The molecular weight excluding hydrogens is 282 g/mol. The third kappa shape index (κ3) is 2.94. The lowest BCUT2D eigenvalue weighted by Crippen LogP contribution is -2.46. The molecule has 1 aliphatic rings. The van der Waals surface area contributed by atoms with Gasteiger partial charge in [0.1, 0.15) is 6.04 Å². The molecule has 20 heavy (non-hydrogen) atoms. The standard InChI is InChI=1S/C14H16ClNO4/c15-10-3-1-9(2-4-10)14(6-7-14)13(20)16-11(5-8-17)12(18)19/h1-4,11,17H,5-8H2,(H,16,20)(H,18,19)/t11-/m1/s1. The van der Waals surface area contributed by atoms with Crippen molar-refractivity contribution in [2.45, 2.75) is 30.7 Å². The molecule has 6 heteroatoms. The van der Waals surface area contributed by atoms with Gasteiger partial charge in [-0.2, -0.15) is 0 Å². The van der Waals surface area contributed by atoms with E-state index in [0.29, 0.717) is 17.9 Å². The van der Waals surface area contributed by atoms with E-state index >= 15 is 0 Å². The zero-order valence-corrected chi connectivity index (χ0v) is 11.6. The minimum atomic E-state index is -1.14. The molecule has 0 aromatic heterocycles. The lowest BCUT2D eigenvalue weighted by molar-refractivity contribution is -0.142. The van der Waals surface area contributed by atoms with Crippen LogP contribution in [0.3, 0.4) is 0 Å². The summed E-state index contributed by atoms with van der Waals surface area (Å²) in [5, 5.41) is 20.9. The fourth-order valence-corrected chi connectivity index (χ4v) is 2.35. The Morgan fingerprint density at radius 1 is 1.30 bits per heavy atom. The Bertz CT molecular complexity index is 510. The zero-order valence-electron chi connectivity index (χ0n) is 10.8. The van der Waals surface area contributed by atoms with Gasteiger partial charge in [-0.1, -0.05) is 23.7 Å². The maximum Gasteiger partial charge on any atom is 0.326 e. The molecule has 1 aromatic rings. The van der Waals surface area contributed by atoms with Gasteiger partial charge in [0.25, 0.3) is 0 Å². The lowest BCUT2D eigenvalue weighted by Gasteiger charge is -2.19. The maximum atomic E-state index is 12.3. The van der Waals surface area contributed by atoms with E-state index in [2.05, 4.69) is 5.32 Å². The predicted molar refractivity (Wildman–Crippen MR) is 73.6 cm³/mol. The Kier molecular flexibility index (Phi) is 4.30. The van der Waals surface area contributed by atoms with Crippen LogP contribution in [0.5, 0.6) is 0 Å². The number of carboxylic acids is 1. The van der Waals surface area contributed by atoms with Gasteiger partial charge in [-0.3, -0.25) is 4.79 Å². The zero-order chi connectivity index (χ0) is 14.8. The number of aliphatic carboxylic acids is 1. The highest BCUT2D eigenvalue weighted by Gasteiger charge is 2.51. The van der Waals surface area contributed by atoms with Crippen LogP contribution >= 0.6 is 11.6 Å². The van der Waals surface area contributed by atoms with E-state index in [0.717, 1.165) is 5.56 Å². The first-order chi connectivity index (χ1) is 9.49. The van der Waals surface area contributed by atoms with E-state index in [-0.39, 0.29) is 18.9 Å². The maximum absolute atomic E-state index is 12.3. The second kappa shape index (κ2) is 5.81. The number of rotatable bonds is 6. The smallest absolute Gasteiger partial charge is 0.326 e. The molecule has 1 amide bonds. The van der Waals surface area contributed by atoms with Crippen LogP contribution in [0.1, 0.15) is 24.8 Å². The number of benzene rings is 1. The normalized spacial score (nSPS) is 17.3. The first-order valence-electron chi connectivity index (χ1n) is 6.40. The van der Waals surface area contributed by atoms with E-state index in [1.165, 1.54) is 0 Å². The Morgan fingerprint density at radius 3 is 2.35 bits per heavy atom. The molecule has 3 N–H and O–H groups in total. The van der Waals surface area contributed by atoms with Gasteiger partial charge in [-0.05, 0) is 30.5 Å². The van der Waals surface area contributed by atoms with Crippen molar-refractivity contribution in [3.63, 3.8) is 0 Å². The predicted octanol–water partition coefficient (Wildman–Crippen LogP) is 1.32. The Morgan fingerprint density at radius 2 is 1.90 bits per heavy atom. The van der Waals surface area contributed by atoms with E-state index in [9.17, 15) is 9.59 Å². The topological polar surface area (TPSA) is 86.6 Å². The Hall–Kier alpha value is -1.59. The number of halogens is 1. The number of nitrogens with one attached hydrogen (secondary N) is 1. The van der Waals surface area contributed by atoms with Crippen LogP contribution in [0.25, 0.3) is 0 Å². The average Bonchev–Trinajstić information content (AvgIpc) is 3.20. The highest BCUT2D eigenvalue weighted by atomic mass is 35.5. The summed E-state index contributed by atoms with van der Waals surface area (Å²) in [6.07, 6.45) is 1.37. The van der Waals surface area contributed by atoms with Gasteiger partial charge in [0, 0.05) is 18.1 Å². The third-order valence-corrected chi connectivity index (χ3v) is 3.85. The molecule has 108 valence electrons. The van der Waals surface area contributed by atoms with Crippen LogP contribution in [-0.4, -0.2) is 34.7 Å². The van der Waals surface area contributed by atoms with Gasteiger partial charge >= 0.3 is 5.97 Å². The number of carboxylic acid groups (broad SMARTS) is 1. The van der Waals surface area contributed by atoms with Crippen molar-refractivity contribution in [1.82, 2.24) is 5.32 Å². The van der Waals surface area contributed by atoms with Crippen LogP contribution in [0.4, 0.5) is 0 Å². The molecule has 0 unspecified atom stereocenters. The number of amides is 1. The molecule has 0 radical (unpaired) electrons. The molecule has 0 heterocycles. The Balaban J connectivity index is 2.12. The Labute approximate surface area is 121 Å². The molecular formula is C14H16ClNO4. The molecule has 1 fully saturated rings. The van der Waals surface area contributed by atoms with Gasteiger partial charge in [0.2, 0.25) is 5.91 Å². The SMILES string of the molecule is O=C(O)[C@@H](CCO)NC(=O)C1(c2ccc(Cl)cc2)CC1. The summed E-state index contributed by atoms with van der Waals surface area (Å²) in [5.41, 5.74) is 0.195. The van der Waals surface area contributed by atoms with Crippen LogP contribution in [0.2, 0.25) is 5.02 Å². The van der Waals surface area contributed by atoms with Crippen molar-refractivity contribution in [3.05, 3.63) is 34.9 Å². The summed E-state index contributed by atoms with van der Waals surface area (Å²) in [4.78, 5) is 23.3. The van der Waals surface area contributed by atoms with Gasteiger partial charge in [0.15, 0.2) is 0 Å². The number of hydrogen-bond donors (Lipinski definition) is 3. The van der Waals surface area contributed by atoms with Crippen LogP contribution in [0.15, 0.2) is 24.3 Å². The minimum Gasteiger partial charge on any atom is -0.480 e. The molecule has 0 spiro atoms. The summed E-state index contributed by atoms with van der Waals surface area (Å²) in [7, 11) is 0. The number of carbonyl (C=O) groups excluding carboxylic acids is 1. The fraction of sp³-hybridized carbons (Fsp3) is 0.429. The van der Waals surface area contributed by atoms with E-state index in [1.807, 2.05) is 0 Å².